The summed E-state index contributed by atoms with van der Waals surface area (Å²) < 4.78 is 35.2. The van der Waals surface area contributed by atoms with Crippen LogP contribution < -0.4 is 19.7 Å². The second-order valence-electron chi connectivity index (χ2n) is 7.33. The van der Waals surface area contributed by atoms with E-state index in [-0.39, 0.29) is 0 Å². The fraction of sp³-hybridized carbons (Fsp3) is 0.360. The Kier molecular flexibility index (Phi) is 9.28. The Morgan fingerprint density at radius 3 is 2.53 bits per heavy atom. The van der Waals surface area contributed by atoms with Gasteiger partial charge in [0, 0.05) is 31.3 Å². The molecule has 1 fully saturated rings. The summed E-state index contributed by atoms with van der Waals surface area (Å²) in [7, 11) is 0. The van der Waals surface area contributed by atoms with E-state index < -0.39 is 24.3 Å². The second-order valence-corrected chi connectivity index (χ2v) is 7.33. The molecule has 0 aromatic heterocycles. The van der Waals surface area contributed by atoms with E-state index in [2.05, 4.69) is 10.2 Å². The molecule has 0 saturated carbocycles. The molecule has 2 aromatic carbocycles. The van der Waals surface area contributed by atoms with Crippen molar-refractivity contribution in [2.45, 2.75) is 13.8 Å². The Balaban J connectivity index is 1.67. The van der Waals surface area contributed by atoms with E-state index in [1.165, 1.54) is 24.3 Å². The number of halogens is 1. The Labute approximate surface area is 198 Å². The van der Waals surface area contributed by atoms with Crippen LogP contribution in [0.15, 0.2) is 42.5 Å². The zero-order valence-corrected chi connectivity index (χ0v) is 19.3. The molecule has 1 aliphatic heterocycles. The lowest BCUT2D eigenvalue weighted by atomic mass is 10.2. The fourth-order valence-corrected chi connectivity index (χ4v) is 3.39. The third-order valence-corrected chi connectivity index (χ3v) is 4.89. The van der Waals surface area contributed by atoms with Gasteiger partial charge in [-0.1, -0.05) is 12.1 Å². The maximum atomic E-state index is 13.2. The first-order valence-electron chi connectivity index (χ1n) is 11.2. The summed E-state index contributed by atoms with van der Waals surface area (Å²) in [6.45, 7) is 6.77. The number of carbonyl (C=O) groups is 2. The van der Waals surface area contributed by atoms with Crippen molar-refractivity contribution in [3.8, 4) is 11.5 Å². The molecule has 0 radical (unpaired) electrons. The molecule has 1 aliphatic rings. The molecule has 0 bridgehead atoms. The molecule has 0 aliphatic carbocycles. The van der Waals surface area contributed by atoms with Crippen molar-refractivity contribution in [1.82, 2.24) is 0 Å². The Morgan fingerprint density at radius 2 is 1.82 bits per heavy atom. The summed E-state index contributed by atoms with van der Waals surface area (Å²) in [6, 6.07) is 9.31. The van der Waals surface area contributed by atoms with Gasteiger partial charge in [0.1, 0.15) is 17.3 Å². The molecule has 2 aromatic rings. The van der Waals surface area contributed by atoms with Crippen molar-refractivity contribution < 1.29 is 32.9 Å². The van der Waals surface area contributed by atoms with E-state index in [0.717, 1.165) is 24.9 Å². The summed E-state index contributed by atoms with van der Waals surface area (Å²) >= 11 is 0. The van der Waals surface area contributed by atoms with Gasteiger partial charge in [-0.3, -0.25) is 4.79 Å². The summed E-state index contributed by atoms with van der Waals surface area (Å²) in [5.41, 5.74) is 1.78. The monoisotopic (exact) mass is 472 g/mol. The maximum absolute atomic E-state index is 13.2. The third kappa shape index (κ3) is 7.21. The van der Waals surface area contributed by atoms with E-state index in [9.17, 15) is 14.0 Å². The number of nitrogens with zero attached hydrogens (tertiary/aromatic N) is 1. The fourth-order valence-electron chi connectivity index (χ4n) is 3.39. The Hall–Kier alpha value is -3.59. The van der Waals surface area contributed by atoms with Crippen LogP contribution in [0.4, 0.5) is 15.8 Å². The van der Waals surface area contributed by atoms with Crippen LogP contribution in [-0.2, 0) is 19.1 Å². The number of anilines is 2. The highest BCUT2D eigenvalue weighted by Gasteiger charge is 2.20. The van der Waals surface area contributed by atoms with Gasteiger partial charge >= 0.3 is 5.97 Å². The van der Waals surface area contributed by atoms with Crippen LogP contribution in [-0.4, -0.2) is 58.0 Å². The van der Waals surface area contributed by atoms with Crippen LogP contribution in [0.5, 0.6) is 11.5 Å². The molecule has 1 N–H and O–H groups in total. The number of morpholine rings is 1. The Bertz CT molecular complexity index is 1020. The highest BCUT2D eigenvalue weighted by Crippen LogP contribution is 2.39. The van der Waals surface area contributed by atoms with Crippen molar-refractivity contribution in [3.63, 3.8) is 0 Å². The molecular formula is C25H29FN2O6. The first-order valence-corrected chi connectivity index (χ1v) is 11.2. The van der Waals surface area contributed by atoms with Gasteiger partial charge in [-0.25, -0.2) is 9.18 Å². The highest BCUT2D eigenvalue weighted by atomic mass is 19.1. The maximum Gasteiger partial charge on any atom is 0.331 e. The van der Waals surface area contributed by atoms with E-state index in [4.69, 9.17) is 18.9 Å². The molecule has 1 saturated heterocycles. The van der Waals surface area contributed by atoms with Crippen molar-refractivity contribution >= 4 is 29.3 Å². The molecule has 0 unspecified atom stereocenters. The molecule has 3 rings (SSSR count). The van der Waals surface area contributed by atoms with Crippen molar-refractivity contribution in [2.24, 2.45) is 0 Å². The van der Waals surface area contributed by atoms with E-state index in [1.54, 1.807) is 12.1 Å². The lowest BCUT2D eigenvalue weighted by molar-refractivity contribution is -0.142. The smallest absolute Gasteiger partial charge is 0.331 e. The summed E-state index contributed by atoms with van der Waals surface area (Å²) in [5, 5.41) is 2.72. The Morgan fingerprint density at radius 1 is 1.09 bits per heavy atom. The molecule has 34 heavy (non-hydrogen) atoms. The zero-order valence-electron chi connectivity index (χ0n) is 19.3. The summed E-state index contributed by atoms with van der Waals surface area (Å²) in [4.78, 5) is 26.6. The van der Waals surface area contributed by atoms with Gasteiger partial charge in [0.05, 0.1) is 37.8 Å². The molecule has 182 valence electrons. The van der Waals surface area contributed by atoms with Crippen molar-refractivity contribution in [3.05, 3.63) is 53.9 Å². The number of hydrogen-bond donors (Lipinski definition) is 1. The topological polar surface area (TPSA) is 86.3 Å². The van der Waals surface area contributed by atoms with Crippen LogP contribution in [0.3, 0.4) is 0 Å². The second kappa shape index (κ2) is 12.6. The van der Waals surface area contributed by atoms with Gasteiger partial charge in [-0.15, -0.1) is 0 Å². The summed E-state index contributed by atoms with van der Waals surface area (Å²) in [5.74, 6) is -0.570. The molecule has 8 nitrogen and oxygen atoms in total. The molecule has 9 heteroatoms. The minimum atomic E-state index is -0.720. The van der Waals surface area contributed by atoms with Crippen LogP contribution >= 0.6 is 0 Å². The zero-order chi connectivity index (χ0) is 24.3. The van der Waals surface area contributed by atoms with Gasteiger partial charge in [0.2, 0.25) is 0 Å². The molecule has 1 amide bonds. The van der Waals surface area contributed by atoms with Crippen LogP contribution in [0.1, 0.15) is 19.4 Å². The molecule has 1 heterocycles. The minimum absolute atomic E-state index is 0.402. The number of esters is 1. The largest absolute Gasteiger partial charge is 0.492 e. The number of ether oxygens (including phenoxy) is 4. The van der Waals surface area contributed by atoms with Crippen LogP contribution in [0, 0.1) is 5.82 Å². The molecule has 0 atom stereocenters. The lowest BCUT2D eigenvalue weighted by Crippen LogP contribution is -2.36. The average molecular weight is 473 g/mol. The van der Waals surface area contributed by atoms with Gasteiger partial charge in [-0.05, 0) is 37.6 Å². The summed E-state index contributed by atoms with van der Waals surface area (Å²) in [6.07, 6.45) is 2.55. The number of rotatable bonds is 10. The number of carbonyl (C=O) groups excluding carboxylic acids is 2. The van der Waals surface area contributed by atoms with Crippen molar-refractivity contribution in [1.29, 1.82) is 0 Å². The number of hydrogen-bond acceptors (Lipinski definition) is 7. The predicted octanol–water partition coefficient (Wildman–Crippen LogP) is 3.65. The minimum Gasteiger partial charge on any atom is -0.492 e. The average Bonchev–Trinajstić information content (AvgIpc) is 2.84. The first-order chi connectivity index (χ1) is 16.5. The first kappa shape index (κ1) is 25.0. The van der Waals surface area contributed by atoms with Gasteiger partial charge in [-0.2, -0.15) is 0 Å². The number of amides is 1. The van der Waals surface area contributed by atoms with Crippen LogP contribution in [0.2, 0.25) is 0 Å². The van der Waals surface area contributed by atoms with E-state index in [1.807, 2.05) is 19.9 Å². The molecular weight excluding hydrogens is 443 g/mol. The quantitative estimate of drug-likeness (QED) is 0.417. The SMILES string of the molecule is CCOc1cc(N2CCOCC2)c(OCC)cc1NC(=O)COC(=O)/C=C/c1cccc(F)c1. The van der Waals surface area contributed by atoms with Gasteiger partial charge in [0.15, 0.2) is 6.61 Å². The normalized spacial score (nSPS) is 13.6. The van der Waals surface area contributed by atoms with E-state index >= 15 is 0 Å². The third-order valence-electron chi connectivity index (χ3n) is 4.89. The highest BCUT2D eigenvalue weighted by molar-refractivity contribution is 5.96. The van der Waals surface area contributed by atoms with Gasteiger partial charge < -0.3 is 29.2 Å². The van der Waals surface area contributed by atoms with Crippen LogP contribution in [0.25, 0.3) is 6.08 Å². The standard InChI is InChI=1S/C25H29FN2O6/c1-3-32-22-16-21(28-10-12-31-13-11-28)23(33-4-2)15-20(22)27-24(29)17-34-25(30)9-8-18-6-5-7-19(26)14-18/h5-9,14-16H,3-4,10-13,17H2,1-2H3,(H,27,29)/b9-8+. The molecule has 0 spiro atoms. The number of nitrogens with one attached hydrogen (secondary N) is 1. The number of benzene rings is 2. The lowest BCUT2D eigenvalue weighted by Gasteiger charge is -2.31. The predicted molar refractivity (Wildman–Crippen MR) is 127 cm³/mol. The van der Waals surface area contributed by atoms with Crippen molar-refractivity contribution in [2.75, 3.05) is 56.3 Å². The van der Waals surface area contributed by atoms with E-state index in [0.29, 0.717) is 49.2 Å². The van der Waals surface area contributed by atoms with Gasteiger partial charge in [0.25, 0.3) is 5.91 Å².